The van der Waals surface area contributed by atoms with Crippen molar-refractivity contribution in [3.05, 3.63) is 23.3 Å². The zero-order chi connectivity index (χ0) is 16.3. The number of amides is 1. The van der Waals surface area contributed by atoms with Crippen molar-refractivity contribution >= 4 is 5.91 Å². The van der Waals surface area contributed by atoms with Crippen LogP contribution < -0.4 is 5.32 Å². The number of aryl methyl sites for hydroxylation is 2. The van der Waals surface area contributed by atoms with Crippen molar-refractivity contribution in [2.75, 3.05) is 6.54 Å². The molecule has 2 heterocycles. The van der Waals surface area contributed by atoms with Crippen LogP contribution in [0.1, 0.15) is 42.8 Å². The van der Waals surface area contributed by atoms with Crippen molar-refractivity contribution in [2.45, 2.75) is 51.1 Å². The minimum Gasteiger partial charge on any atom is -0.356 e. The van der Waals surface area contributed by atoms with E-state index in [9.17, 15) is 4.79 Å². The fourth-order valence-electron chi connectivity index (χ4n) is 3.03. The maximum Gasteiger partial charge on any atom is 0.223 e. The molecule has 1 amide bonds. The van der Waals surface area contributed by atoms with Gasteiger partial charge in [0.25, 0.3) is 0 Å². The number of carbonyl (C=O) groups excluding carboxylic acids is 1. The van der Waals surface area contributed by atoms with Gasteiger partial charge in [0.05, 0.1) is 0 Å². The Morgan fingerprint density at radius 2 is 2.30 bits per heavy atom. The molecular weight excluding hydrogens is 290 g/mol. The van der Waals surface area contributed by atoms with Gasteiger partial charge in [0.15, 0.2) is 5.66 Å². The molecular formula is C17H21N5O. The van der Waals surface area contributed by atoms with E-state index in [1.54, 1.807) is 0 Å². The van der Waals surface area contributed by atoms with Crippen LogP contribution in [0.4, 0.5) is 0 Å². The van der Waals surface area contributed by atoms with Crippen LogP contribution in [0.15, 0.2) is 16.4 Å². The van der Waals surface area contributed by atoms with Crippen molar-refractivity contribution < 1.29 is 4.79 Å². The van der Waals surface area contributed by atoms with Crippen molar-refractivity contribution in [1.82, 2.24) is 15.3 Å². The second kappa shape index (κ2) is 6.45. The zero-order valence-corrected chi connectivity index (χ0v) is 13.4. The molecule has 6 heteroatoms. The van der Waals surface area contributed by atoms with Crippen LogP contribution in [0.5, 0.6) is 0 Å². The second-order valence-electron chi connectivity index (χ2n) is 6.26. The van der Waals surface area contributed by atoms with Crippen LogP contribution in [0.3, 0.4) is 0 Å². The summed E-state index contributed by atoms with van der Waals surface area (Å²) in [6, 6.07) is 0. The number of hydrogen-bond donors (Lipinski definition) is 1. The van der Waals surface area contributed by atoms with E-state index < -0.39 is 0 Å². The number of hydrogen-bond acceptors (Lipinski definition) is 5. The van der Waals surface area contributed by atoms with Crippen molar-refractivity contribution in [2.24, 2.45) is 16.1 Å². The van der Waals surface area contributed by atoms with E-state index in [1.165, 1.54) is 0 Å². The molecule has 1 aromatic heterocycles. The van der Waals surface area contributed by atoms with Crippen molar-refractivity contribution in [3.63, 3.8) is 0 Å². The first kappa shape index (κ1) is 15.6. The molecule has 1 unspecified atom stereocenters. The predicted molar refractivity (Wildman–Crippen MR) is 85.6 cm³/mol. The molecule has 6 nitrogen and oxygen atoms in total. The highest BCUT2D eigenvalue weighted by molar-refractivity contribution is 5.79. The normalized spacial score (nSPS) is 20.4. The monoisotopic (exact) mass is 311 g/mol. The number of rotatable bonds is 6. The van der Waals surface area contributed by atoms with Crippen LogP contribution in [0.25, 0.3) is 0 Å². The first-order chi connectivity index (χ1) is 11.1. The Morgan fingerprint density at radius 3 is 3.04 bits per heavy atom. The summed E-state index contributed by atoms with van der Waals surface area (Å²) >= 11 is 0. The molecule has 1 aliphatic carbocycles. The standard InChI is InChI=1S/C17H21N5O/c1-3-4-7-17(21-22-17)8-9-18-16(23)13-5-6-15-14(10-13)11-19-12(2)20-15/h1,11,13H,4-10H2,2H3,(H,18,23). The Hall–Kier alpha value is -2.29. The fourth-order valence-corrected chi connectivity index (χ4v) is 3.03. The summed E-state index contributed by atoms with van der Waals surface area (Å²) in [5.74, 6) is 3.51. The number of nitrogens with zero attached hydrogens (tertiary/aromatic N) is 4. The van der Waals surface area contributed by atoms with Crippen LogP contribution in [0.2, 0.25) is 0 Å². The fraction of sp³-hybridized carbons (Fsp3) is 0.588. The van der Waals surface area contributed by atoms with Crippen LogP contribution in [-0.4, -0.2) is 28.1 Å². The van der Waals surface area contributed by atoms with Gasteiger partial charge < -0.3 is 5.32 Å². The third-order valence-corrected chi connectivity index (χ3v) is 4.52. The smallest absolute Gasteiger partial charge is 0.223 e. The molecule has 1 aromatic rings. The summed E-state index contributed by atoms with van der Waals surface area (Å²) in [6.45, 7) is 2.48. The maximum atomic E-state index is 12.3. The summed E-state index contributed by atoms with van der Waals surface area (Å²) < 4.78 is 0. The molecule has 3 rings (SSSR count). The Balaban J connectivity index is 1.46. The number of fused-ring (bicyclic) bond motifs is 1. The van der Waals surface area contributed by atoms with E-state index in [2.05, 4.69) is 31.4 Å². The van der Waals surface area contributed by atoms with Crippen LogP contribution in [-0.2, 0) is 17.6 Å². The average Bonchev–Trinajstić information content (AvgIpc) is 3.32. The third kappa shape index (κ3) is 3.73. The Kier molecular flexibility index (Phi) is 4.37. The number of carbonyl (C=O) groups is 1. The van der Waals surface area contributed by atoms with E-state index in [1.807, 2.05) is 13.1 Å². The molecule has 1 aliphatic heterocycles. The van der Waals surface area contributed by atoms with Crippen LogP contribution >= 0.6 is 0 Å². The minimum absolute atomic E-state index is 0.00328. The molecule has 2 aliphatic rings. The molecule has 1 atom stereocenters. The molecule has 23 heavy (non-hydrogen) atoms. The molecule has 0 spiro atoms. The van der Waals surface area contributed by atoms with Gasteiger partial charge in [-0.05, 0) is 31.7 Å². The maximum absolute atomic E-state index is 12.3. The van der Waals surface area contributed by atoms with E-state index >= 15 is 0 Å². The summed E-state index contributed by atoms with van der Waals surface area (Å²) in [6.07, 6.45) is 11.7. The molecule has 0 saturated carbocycles. The summed E-state index contributed by atoms with van der Waals surface area (Å²) in [5, 5.41) is 11.2. The lowest BCUT2D eigenvalue weighted by Gasteiger charge is -2.23. The molecule has 0 aromatic carbocycles. The van der Waals surface area contributed by atoms with Gasteiger partial charge in [0.1, 0.15) is 5.82 Å². The summed E-state index contributed by atoms with van der Waals surface area (Å²) in [7, 11) is 0. The van der Waals surface area contributed by atoms with Gasteiger partial charge in [0.2, 0.25) is 5.91 Å². The molecule has 0 bridgehead atoms. The topological polar surface area (TPSA) is 79.6 Å². The second-order valence-corrected chi connectivity index (χ2v) is 6.26. The van der Waals surface area contributed by atoms with Gasteiger partial charge in [-0.3, -0.25) is 4.79 Å². The lowest BCUT2D eigenvalue weighted by molar-refractivity contribution is -0.125. The Morgan fingerprint density at radius 1 is 1.48 bits per heavy atom. The minimum atomic E-state index is -0.329. The first-order valence-corrected chi connectivity index (χ1v) is 8.08. The number of aromatic nitrogens is 2. The highest BCUT2D eigenvalue weighted by Gasteiger charge is 2.38. The van der Waals surface area contributed by atoms with Gasteiger partial charge in [-0.15, -0.1) is 12.3 Å². The van der Waals surface area contributed by atoms with Crippen molar-refractivity contribution in [1.29, 1.82) is 0 Å². The van der Waals surface area contributed by atoms with Gasteiger partial charge in [-0.1, -0.05) is 0 Å². The van der Waals surface area contributed by atoms with Gasteiger partial charge >= 0.3 is 0 Å². The molecule has 0 radical (unpaired) electrons. The van der Waals surface area contributed by atoms with E-state index in [-0.39, 0.29) is 17.5 Å². The Bertz CT molecular complexity index is 670. The summed E-state index contributed by atoms with van der Waals surface area (Å²) in [4.78, 5) is 21.0. The van der Waals surface area contributed by atoms with Crippen molar-refractivity contribution in [3.8, 4) is 12.3 Å². The van der Waals surface area contributed by atoms with Crippen LogP contribution in [0, 0.1) is 25.2 Å². The molecule has 120 valence electrons. The first-order valence-electron chi connectivity index (χ1n) is 8.08. The number of terminal acetylenes is 1. The largest absolute Gasteiger partial charge is 0.356 e. The summed E-state index contributed by atoms with van der Waals surface area (Å²) in [5.41, 5.74) is 1.86. The lowest BCUT2D eigenvalue weighted by atomic mass is 9.86. The highest BCUT2D eigenvalue weighted by atomic mass is 16.1. The molecule has 0 fully saturated rings. The predicted octanol–water partition coefficient (Wildman–Crippen LogP) is 1.97. The Labute approximate surface area is 136 Å². The zero-order valence-electron chi connectivity index (χ0n) is 13.4. The molecule has 0 saturated heterocycles. The average molecular weight is 311 g/mol. The van der Waals surface area contributed by atoms with E-state index in [0.29, 0.717) is 13.0 Å². The quantitative estimate of drug-likeness (QED) is 0.816. The third-order valence-electron chi connectivity index (χ3n) is 4.52. The number of nitrogens with one attached hydrogen (secondary N) is 1. The van der Waals surface area contributed by atoms with Gasteiger partial charge in [-0.25, -0.2) is 9.97 Å². The van der Waals surface area contributed by atoms with E-state index in [0.717, 1.165) is 49.2 Å². The van der Waals surface area contributed by atoms with Gasteiger partial charge in [-0.2, -0.15) is 10.2 Å². The van der Waals surface area contributed by atoms with E-state index in [4.69, 9.17) is 6.42 Å². The van der Waals surface area contributed by atoms with Gasteiger partial charge in [0, 0.05) is 43.6 Å². The molecule has 1 N–H and O–H groups in total. The lowest BCUT2D eigenvalue weighted by Crippen LogP contribution is -2.36. The SMILES string of the molecule is C#CCCC1(CCNC(=O)C2CCc3nc(C)ncc3C2)N=N1. The highest BCUT2D eigenvalue weighted by Crippen LogP contribution is 2.36.